The van der Waals surface area contributed by atoms with Crippen LogP contribution in [-0.2, 0) is 9.53 Å². The number of esters is 1. The topological polar surface area (TPSA) is 60.8 Å². The summed E-state index contributed by atoms with van der Waals surface area (Å²) in [6, 6.07) is 3.40. The molecular weight excluding hydrogens is 244 g/mol. The normalized spacial score (nSPS) is 11.5. The molecular formula is C14H18N2O3. The standard InChI is InChI=1S/C14H18N2O3/c1-6-19-14(17)10(3)9(2)13-11(15-4)7-8-12(16-13)18-5/h7-8,10H,2,4,6H2,1,3,5H3. The Morgan fingerprint density at radius 1 is 1.53 bits per heavy atom. The summed E-state index contributed by atoms with van der Waals surface area (Å²) >= 11 is 0. The third-order valence-corrected chi connectivity index (χ3v) is 2.69. The Morgan fingerprint density at radius 3 is 2.74 bits per heavy atom. The summed E-state index contributed by atoms with van der Waals surface area (Å²) in [6.07, 6.45) is 0. The van der Waals surface area contributed by atoms with E-state index in [9.17, 15) is 4.79 Å². The first-order valence-corrected chi connectivity index (χ1v) is 5.92. The maximum Gasteiger partial charge on any atom is 0.313 e. The van der Waals surface area contributed by atoms with E-state index in [1.807, 2.05) is 0 Å². The second-order valence-electron chi connectivity index (χ2n) is 3.88. The number of methoxy groups -OCH3 is 1. The predicted molar refractivity (Wildman–Crippen MR) is 74.8 cm³/mol. The third kappa shape index (κ3) is 3.40. The van der Waals surface area contributed by atoms with Crippen LogP contribution in [0.15, 0.2) is 23.7 Å². The number of rotatable bonds is 6. The molecule has 19 heavy (non-hydrogen) atoms. The molecule has 0 fully saturated rings. The van der Waals surface area contributed by atoms with Gasteiger partial charge in [-0.1, -0.05) is 6.58 Å². The lowest BCUT2D eigenvalue weighted by Gasteiger charge is -2.15. The van der Waals surface area contributed by atoms with Gasteiger partial charge >= 0.3 is 5.97 Å². The maximum absolute atomic E-state index is 11.7. The number of carbonyl (C=O) groups is 1. The molecule has 0 aromatic carbocycles. The van der Waals surface area contributed by atoms with Gasteiger partial charge in [-0.15, -0.1) is 0 Å². The quantitative estimate of drug-likeness (QED) is 0.584. The van der Waals surface area contributed by atoms with Gasteiger partial charge in [-0.3, -0.25) is 9.79 Å². The van der Waals surface area contributed by atoms with Crippen molar-refractivity contribution in [3.8, 4) is 5.88 Å². The molecule has 5 heteroatoms. The van der Waals surface area contributed by atoms with Crippen molar-refractivity contribution in [1.82, 2.24) is 4.98 Å². The van der Waals surface area contributed by atoms with Crippen LogP contribution >= 0.6 is 0 Å². The van der Waals surface area contributed by atoms with Crippen LogP contribution in [0.4, 0.5) is 5.69 Å². The van der Waals surface area contributed by atoms with E-state index < -0.39 is 5.92 Å². The minimum Gasteiger partial charge on any atom is -0.481 e. The molecule has 1 rings (SSSR count). The molecule has 102 valence electrons. The Kier molecular flexibility index (Phi) is 5.23. The first-order chi connectivity index (χ1) is 9.04. The highest BCUT2D eigenvalue weighted by Crippen LogP contribution is 2.30. The van der Waals surface area contributed by atoms with Crippen molar-refractivity contribution in [2.45, 2.75) is 13.8 Å². The van der Waals surface area contributed by atoms with Crippen molar-refractivity contribution >= 4 is 23.9 Å². The number of hydrogen-bond acceptors (Lipinski definition) is 5. The fourth-order valence-electron chi connectivity index (χ4n) is 1.53. The number of aliphatic imine (C=N–C) groups is 1. The highest BCUT2D eigenvalue weighted by atomic mass is 16.5. The summed E-state index contributed by atoms with van der Waals surface area (Å²) in [7, 11) is 1.52. The van der Waals surface area contributed by atoms with E-state index in [4.69, 9.17) is 9.47 Å². The second-order valence-corrected chi connectivity index (χ2v) is 3.88. The van der Waals surface area contributed by atoms with E-state index in [1.54, 1.807) is 26.0 Å². The van der Waals surface area contributed by atoms with Gasteiger partial charge in [-0.05, 0) is 32.2 Å². The summed E-state index contributed by atoms with van der Waals surface area (Å²) in [6.45, 7) is 11.2. The Bertz CT molecular complexity index is 497. The van der Waals surface area contributed by atoms with Crippen LogP contribution in [0.3, 0.4) is 0 Å². The molecule has 1 atom stereocenters. The summed E-state index contributed by atoms with van der Waals surface area (Å²) in [5.74, 6) is -0.410. The SMILES string of the molecule is C=Nc1ccc(OC)nc1C(=C)C(C)C(=O)OCC. The smallest absolute Gasteiger partial charge is 0.313 e. The zero-order valence-electron chi connectivity index (χ0n) is 11.5. The third-order valence-electron chi connectivity index (χ3n) is 2.69. The lowest BCUT2D eigenvalue weighted by Crippen LogP contribution is -2.16. The molecule has 1 unspecified atom stereocenters. The zero-order valence-corrected chi connectivity index (χ0v) is 11.5. The highest BCUT2D eigenvalue weighted by molar-refractivity contribution is 5.89. The van der Waals surface area contributed by atoms with Gasteiger partial charge in [0.15, 0.2) is 0 Å². The van der Waals surface area contributed by atoms with E-state index in [1.165, 1.54) is 7.11 Å². The molecule has 0 radical (unpaired) electrons. The monoisotopic (exact) mass is 262 g/mol. The first-order valence-electron chi connectivity index (χ1n) is 5.92. The molecule has 1 aromatic heterocycles. The molecule has 0 aliphatic carbocycles. The average Bonchev–Trinajstić information content (AvgIpc) is 2.45. The van der Waals surface area contributed by atoms with Gasteiger partial charge < -0.3 is 9.47 Å². The van der Waals surface area contributed by atoms with Gasteiger partial charge in [0.2, 0.25) is 5.88 Å². The summed E-state index contributed by atoms with van der Waals surface area (Å²) in [4.78, 5) is 19.9. The van der Waals surface area contributed by atoms with Gasteiger partial charge in [0.25, 0.3) is 0 Å². The van der Waals surface area contributed by atoms with E-state index in [2.05, 4.69) is 23.3 Å². The van der Waals surface area contributed by atoms with Crippen molar-refractivity contribution in [3.05, 3.63) is 24.4 Å². The Hall–Kier alpha value is -2.17. The Morgan fingerprint density at radius 2 is 2.21 bits per heavy atom. The van der Waals surface area contributed by atoms with Crippen LogP contribution in [-0.4, -0.2) is 31.4 Å². The van der Waals surface area contributed by atoms with Gasteiger partial charge in [0.05, 0.1) is 31.0 Å². The van der Waals surface area contributed by atoms with Crippen molar-refractivity contribution in [2.75, 3.05) is 13.7 Å². The molecule has 0 amide bonds. The van der Waals surface area contributed by atoms with E-state index in [0.29, 0.717) is 29.4 Å². The molecule has 5 nitrogen and oxygen atoms in total. The van der Waals surface area contributed by atoms with Crippen molar-refractivity contribution in [2.24, 2.45) is 10.9 Å². The van der Waals surface area contributed by atoms with E-state index in [-0.39, 0.29) is 5.97 Å². The number of hydrogen-bond donors (Lipinski definition) is 0. The number of aromatic nitrogens is 1. The van der Waals surface area contributed by atoms with Gasteiger partial charge in [0, 0.05) is 6.07 Å². The summed E-state index contributed by atoms with van der Waals surface area (Å²) < 4.78 is 10.0. The molecule has 0 aliphatic rings. The summed E-state index contributed by atoms with van der Waals surface area (Å²) in [5.41, 5.74) is 1.58. The summed E-state index contributed by atoms with van der Waals surface area (Å²) in [5, 5.41) is 0. The van der Waals surface area contributed by atoms with Crippen LogP contribution < -0.4 is 4.74 Å². The van der Waals surface area contributed by atoms with Gasteiger partial charge in [-0.25, -0.2) is 4.98 Å². The van der Waals surface area contributed by atoms with Crippen LogP contribution in [0, 0.1) is 5.92 Å². The minimum atomic E-state index is -0.500. The maximum atomic E-state index is 11.7. The Balaban J connectivity index is 3.10. The van der Waals surface area contributed by atoms with Crippen LogP contribution in [0.5, 0.6) is 5.88 Å². The minimum absolute atomic E-state index is 0.328. The molecule has 1 heterocycles. The van der Waals surface area contributed by atoms with Gasteiger partial charge in [-0.2, -0.15) is 0 Å². The molecule has 0 aliphatic heterocycles. The zero-order chi connectivity index (χ0) is 14.4. The number of carbonyl (C=O) groups excluding carboxylic acids is 1. The number of pyridine rings is 1. The van der Waals surface area contributed by atoms with E-state index >= 15 is 0 Å². The highest BCUT2D eigenvalue weighted by Gasteiger charge is 2.22. The molecule has 0 saturated carbocycles. The van der Waals surface area contributed by atoms with Crippen LogP contribution in [0.2, 0.25) is 0 Å². The van der Waals surface area contributed by atoms with E-state index in [0.717, 1.165) is 0 Å². The lowest BCUT2D eigenvalue weighted by atomic mass is 9.98. The second kappa shape index (κ2) is 6.68. The Labute approximate surface area is 113 Å². The lowest BCUT2D eigenvalue weighted by molar-refractivity contribution is -0.145. The average molecular weight is 262 g/mol. The fourth-order valence-corrected chi connectivity index (χ4v) is 1.53. The number of ether oxygens (including phenoxy) is 2. The molecule has 0 spiro atoms. The van der Waals surface area contributed by atoms with Crippen LogP contribution in [0.25, 0.3) is 5.57 Å². The molecule has 0 N–H and O–H groups in total. The molecule has 1 aromatic rings. The van der Waals surface area contributed by atoms with Crippen LogP contribution in [0.1, 0.15) is 19.5 Å². The first kappa shape index (κ1) is 14.9. The van der Waals surface area contributed by atoms with Crippen molar-refractivity contribution in [3.63, 3.8) is 0 Å². The van der Waals surface area contributed by atoms with Crippen molar-refractivity contribution < 1.29 is 14.3 Å². The molecule has 0 saturated heterocycles. The largest absolute Gasteiger partial charge is 0.481 e. The van der Waals surface area contributed by atoms with Gasteiger partial charge in [0.1, 0.15) is 0 Å². The fraction of sp³-hybridized carbons (Fsp3) is 0.357. The van der Waals surface area contributed by atoms with Crippen molar-refractivity contribution in [1.29, 1.82) is 0 Å². The predicted octanol–water partition coefficient (Wildman–Crippen LogP) is 2.63. The number of nitrogens with zero attached hydrogens (tertiary/aromatic N) is 2. The molecule has 0 bridgehead atoms.